The maximum absolute atomic E-state index is 7.97. The maximum Gasteiger partial charge on any atom is 0.261 e. The molecule has 6 nitrogen and oxygen atoms in total. The second-order valence-electron chi connectivity index (χ2n) is 15.6. The Balaban J connectivity index is 1.34. The highest BCUT2D eigenvalue weighted by Gasteiger charge is 2.57. The molecule has 0 amide bonds. The summed E-state index contributed by atoms with van der Waals surface area (Å²) in [7, 11) is -3.17. The minimum Gasteiger partial charge on any atom is -0.396 e. The van der Waals surface area contributed by atoms with Crippen molar-refractivity contribution in [3.05, 3.63) is 204 Å². The van der Waals surface area contributed by atoms with Crippen LogP contribution in [-0.2, 0) is 54.5 Å². The number of hydrogen-bond donors (Lipinski definition) is 0. The minimum atomic E-state index is -3.17. The third-order valence-electron chi connectivity index (χ3n) is 10.5. The summed E-state index contributed by atoms with van der Waals surface area (Å²) in [6, 6.07) is 62.2. The fourth-order valence-corrected chi connectivity index (χ4v) is 12.4. The summed E-state index contributed by atoms with van der Waals surface area (Å²) >= 11 is 0. The van der Waals surface area contributed by atoms with E-state index in [9.17, 15) is 0 Å². The van der Waals surface area contributed by atoms with Crippen molar-refractivity contribution >= 4 is 18.7 Å². The molecule has 0 aromatic heterocycles. The van der Waals surface area contributed by atoms with Crippen molar-refractivity contribution in [1.29, 1.82) is 0 Å². The van der Waals surface area contributed by atoms with Gasteiger partial charge < -0.3 is 28.1 Å². The molecule has 1 fully saturated rings. The maximum atomic E-state index is 7.97. The molecule has 1 unspecified atom stereocenters. The van der Waals surface area contributed by atoms with Gasteiger partial charge in [-0.3, -0.25) is 0 Å². The van der Waals surface area contributed by atoms with E-state index in [1.807, 2.05) is 72.8 Å². The van der Waals surface area contributed by atoms with Gasteiger partial charge in [0, 0.05) is 0 Å². The molecule has 7 heteroatoms. The summed E-state index contributed by atoms with van der Waals surface area (Å²) in [5.41, 5.74) is 4.21. The first-order valence-electron chi connectivity index (χ1n) is 19.9. The van der Waals surface area contributed by atoms with Crippen LogP contribution in [0.3, 0.4) is 0 Å². The Hall–Kier alpha value is -4.70. The van der Waals surface area contributed by atoms with Crippen LogP contribution in [0, 0.1) is 0 Å². The smallest absolute Gasteiger partial charge is 0.261 e. The van der Waals surface area contributed by atoms with E-state index in [2.05, 4.69) is 130 Å². The van der Waals surface area contributed by atoms with Crippen LogP contribution in [0.15, 0.2) is 182 Å². The highest BCUT2D eigenvalue weighted by Crippen LogP contribution is 2.41. The predicted molar refractivity (Wildman–Crippen MR) is 229 cm³/mol. The monoisotopic (exact) mass is 778 g/mol. The summed E-state index contributed by atoms with van der Waals surface area (Å²) < 4.78 is 42.5. The Kier molecular flexibility index (Phi) is 13.9. The first-order valence-corrected chi connectivity index (χ1v) is 21.8. The van der Waals surface area contributed by atoms with E-state index in [1.54, 1.807) is 0 Å². The SMILES string of the molecule is CC(C)(C)[Si](O[C@@H]1C(OCc2ccccc2)O[C@@H](COCc2ccccc2)[C@@H](OCc2ccccc2)[C@@H]1OCc1ccccc1)(c1ccccc1)c1ccccc1. The van der Waals surface area contributed by atoms with Gasteiger partial charge in [0.2, 0.25) is 0 Å². The normalized spacial score (nSPS) is 19.9. The van der Waals surface area contributed by atoms with E-state index in [-0.39, 0.29) is 11.6 Å². The van der Waals surface area contributed by atoms with Gasteiger partial charge in [-0.15, -0.1) is 0 Å². The Morgan fingerprint density at radius 1 is 0.439 bits per heavy atom. The third-order valence-corrected chi connectivity index (χ3v) is 15.6. The van der Waals surface area contributed by atoms with Crippen LogP contribution in [0.2, 0.25) is 5.04 Å². The van der Waals surface area contributed by atoms with Gasteiger partial charge in [-0.1, -0.05) is 203 Å². The molecule has 0 saturated carbocycles. The molecule has 0 radical (unpaired) electrons. The Bertz CT molecular complexity index is 1990. The van der Waals surface area contributed by atoms with E-state index < -0.39 is 39.0 Å². The van der Waals surface area contributed by atoms with Crippen LogP contribution in [0.25, 0.3) is 0 Å². The standard InChI is InChI=1S/C50H54O6Si/c1-50(2,3)57(43-30-18-8-19-31-43,44-32-20-9-21-33-44)56-48-47(53-36-41-26-14-6-15-27-41)46(52-35-40-24-12-5-13-25-40)45(38-51-34-39-22-10-4-11-23-39)55-49(48)54-37-42-28-16-7-17-29-42/h4-33,45-49H,34-38H2,1-3H3/t45-,46+,47-,48-,49?/m0/s1. The van der Waals surface area contributed by atoms with Crippen LogP contribution in [-0.4, -0.2) is 45.6 Å². The molecule has 6 aromatic rings. The van der Waals surface area contributed by atoms with Gasteiger partial charge in [0.05, 0.1) is 33.0 Å². The third kappa shape index (κ3) is 10.2. The van der Waals surface area contributed by atoms with E-state index in [1.165, 1.54) is 0 Å². The van der Waals surface area contributed by atoms with Gasteiger partial charge in [0.1, 0.15) is 24.4 Å². The van der Waals surface area contributed by atoms with Crippen LogP contribution in [0.1, 0.15) is 43.0 Å². The van der Waals surface area contributed by atoms with Crippen molar-refractivity contribution in [3.8, 4) is 0 Å². The second-order valence-corrected chi connectivity index (χ2v) is 19.9. The molecule has 1 heterocycles. The van der Waals surface area contributed by atoms with E-state index in [0.717, 1.165) is 32.6 Å². The van der Waals surface area contributed by atoms with Gasteiger partial charge in [-0.2, -0.15) is 0 Å². The molecule has 6 aromatic carbocycles. The van der Waals surface area contributed by atoms with Crippen molar-refractivity contribution in [2.24, 2.45) is 0 Å². The molecule has 294 valence electrons. The first kappa shape index (κ1) is 40.5. The van der Waals surface area contributed by atoms with Crippen molar-refractivity contribution in [3.63, 3.8) is 0 Å². The number of hydrogen-bond acceptors (Lipinski definition) is 6. The van der Waals surface area contributed by atoms with Gasteiger partial charge in [0.15, 0.2) is 6.29 Å². The summed E-state index contributed by atoms with van der Waals surface area (Å²) in [4.78, 5) is 0. The average molecular weight is 779 g/mol. The van der Waals surface area contributed by atoms with Crippen molar-refractivity contribution in [1.82, 2.24) is 0 Å². The van der Waals surface area contributed by atoms with Crippen LogP contribution in [0.5, 0.6) is 0 Å². The van der Waals surface area contributed by atoms with Crippen LogP contribution in [0.4, 0.5) is 0 Å². The van der Waals surface area contributed by atoms with Gasteiger partial charge in [-0.25, -0.2) is 0 Å². The Morgan fingerprint density at radius 2 is 0.807 bits per heavy atom. The molecule has 0 bridgehead atoms. The molecule has 1 saturated heterocycles. The lowest BCUT2D eigenvalue weighted by molar-refractivity contribution is -0.317. The summed E-state index contributed by atoms with van der Waals surface area (Å²) in [5.74, 6) is 0. The molecule has 0 N–H and O–H groups in total. The van der Waals surface area contributed by atoms with Crippen LogP contribution < -0.4 is 10.4 Å². The summed E-state index contributed by atoms with van der Waals surface area (Å²) in [6.07, 6.45) is -3.26. The van der Waals surface area contributed by atoms with Crippen LogP contribution >= 0.6 is 0 Å². The topological polar surface area (TPSA) is 55.4 Å². The Morgan fingerprint density at radius 3 is 1.23 bits per heavy atom. The Labute approximate surface area is 339 Å². The second kappa shape index (κ2) is 19.6. The molecule has 57 heavy (non-hydrogen) atoms. The molecular formula is C50H54O6Si. The zero-order chi connectivity index (χ0) is 39.3. The van der Waals surface area contributed by atoms with Crippen molar-refractivity contribution in [2.45, 2.75) is 82.9 Å². The highest BCUT2D eigenvalue weighted by atomic mass is 28.4. The van der Waals surface area contributed by atoms with E-state index in [4.69, 9.17) is 28.1 Å². The number of ether oxygens (including phenoxy) is 5. The van der Waals surface area contributed by atoms with Gasteiger partial charge in [0.25, 0.3) is 8.32 Å². The molecule has 1 aliphatic rings. The lowest BCUT2D eigenvalue weighted by atomic mass is 9.98. The number of rotatable bonds is 17. The minimum absolute atomic E-state index is 0.261. The van der Waals surface area contributed by atoms with E-state index in [0.29, 0.717) is 26.4 Å². The highest BCUT2D eigenvalue weighted by molar-refractivity contribution is 6.99. The molecule has 1 aliphatic heterocycles. The zero-order valence-corrected chi connectivity index (χ0v) is 34.2. The summed E-state index contributed by atoms with van der Waals surface area (Å²) in [6.45, 7) is 8.57. The van der Waals surface area contributed by atoms with E-state index >= 15 is 0 Å². The molecule has 5 atom stereocenters. The molecule has 0 aliphatic carbocycles. The fourth-order valence-electron chi connectivity index (χ4n) is 7.71. The van der Waals surface area contributed by atoms with Crippen molar-refractivity contribution in [2.75, 3.05) is 6.61 Å². The summed E-state index contributed by atoms with van der Waals surface area (Å²) in [5, 5.41) is 1.99. The predicted octanol–water partition coefficient (Wildman–Crippen LogP) is 9.26. The molecular weight excluding hydrogens is 725 g/mol. The average Bonchev–Trinajstić information content (AvgIpc) is 3.25. The molecule has 0 spiro atoms. The first-order chi connectivity index (χ1) is 27.9. The lowest BCUT2D eigenvalue weighted by Gasteiger charge is -2.51. The lowest BCUT2D eigenvalue weighted by Crippen LogP contribution is -2.72. The number of benzene rings is 6. The quantitative estimate of drug-likeness (QED) is 0.0862. The van der Waals surface area contributed by atoms with Gasteiger partial charge in [-0.05, 0) is 37.7 Å². The fraction of sp³-hybridized carbons (Fsp3) is 0.280. The van der Waals surface area contributed by atoms with Crippen molar-refractivity contribution < 1.29 is 28.1 Å². The largest absolute Gasteiger partial charge is 0.396 e. The zero-order valence-electron chi connectivity index (χ0n) is 33.2. The van der Waals surface area contributed by atoms with Gasteiger partial charge >= 0.3 is 0 Å². The molecule has 7 rings (SSSR count).